The Morgan fingerprint density at radius 2 is 1.84 bits per heavy atom. The summed E-state index contributed by atoms with van der Waals surface area (Å²) in [4.78, 5) is 24.5. The summed E-state index contributed by atoms with van der Waals surface area (Å²) in [7, 11) is 0.970. The minimum atomic E-state index is -1.51. The van der Waals surface area contributed by atoms with Gasteiger partial charge in [-0.1, -0.05) is 0 Å². The SMILES string of the molecule is COc1c(F)c(F)cc(C(=O)Nc2ccc(Oc3cc(-n4ccnc4)ncn3)cc2)c1F. The lowest BCUT2D eigenvalue weighted by molar-refractivity contribution is 0.102. The molecule has 2 aromatic carbocycles. The van der Waals surface area contributed by atoms with Gasteiger partial charge < -0.3 is 14.8 Å². The molecule has 162 valence electrons. The number of aromatic nitrogens is 4. The van der Waals surface area contributed by atoms with Crippen LogP contribution in [0.25, 0.3) is 5.82 Å². The summed E-state index contributed by atoms with van der Waals surface area (Å²) in [6.07, 6.45) is 6.24. The van der Waals surface area contributed by atoms with Gasteiger partial charge in [0.25, 0.3) is 5.91 Å². The third-order valence-electron chi connectivity index (χ3n) is 4.30. The second kappa shape index (κ2) is 8.76. The molecule has 8 nitrogen and oxygen atoms in total. The topological polar surface area (TPSA) is 91.2 Å². The highest BCUT2D eigenvalue weighted by atomic mass is 19.2. The first-order valence-corrected chi connectivity index (χ1v) is 9.07. The molecule has 1 amide bonds. The predicted molar refractivity (Wildman–Crippen MR) is 106 cm³/mol. The fourth-order valence-corrected chi connectivity index (χ4v) is 2.77. The number of hydrogen-bond donors (Lipinski definition) is 1. The molecule has 0 saturated carbocycles. The Labute approximate surface area is 179 Å². The number of nitrogens with one attached hydrogen (secondary N) is 1. The van der Waals surface area contributed by atoms with E-state index in [4.69, 9.17) is 4.74 Å². The molecular formula is C21H14F3N5O3. The zero-order chi connectivity index (χ0) is 22.7. The number of hydrogen-bond acceptors (Lipinski definition) is 6. The van der Waals surface area contributed by atoms with E-state index in [1.54, 1.807) is 29.4 Å². The van der Waals surface area contributed by atoms with Crippen LogP contribution >= 0.6 is 0 Å². The van der Waals surface area contributed by atoms with Crippen LogP contribution in [0.15, 0.2) is 61.4 Å². The van der Waals surface area contributed by atoms with Gasteiger partial charge in [0, 0.05) is 24.1 Å². The van der Waals surface area contributed by atoms with Crippen LogP contribution in [-0.2, 0) is 0 Å². The molecule has 0 unspecified atom stereocenters. The van der Waals surface area contributed by atoms with Gasteiger partial charge in [0.1, 0.15) is 24.2 Å². The number of carbonyl (C=O) groups excluding carboxylic acids is 1. The van der Waals surface area contributed by atoms with Crippen molar-refractivity contribution in [3.63, 3.8) is 0 Å². The van der Waals surface area contributed by atoms with Crippen molar-refractivity contribution >= 4 is 11.6 Å². The van der Waals surface area contributed by atoms with Crippen LogP contribution in [0, 0.1) is 17.5 Å². The van der Waals surface area contributed by atoms with Crippen LogP contribution in [0.1, 0.15) is 10.4 Å². The summed E-state index contributed by atoms with van der Waals surface area (Å²) in [6, 6.07) is 8.12. The van der Waals surface area contributed by atoms with E-state index in [-0.39, 0.29) is 11.6 Å². The van der Waals surface area contributed by atoms with Gasteiger partial charge >= 0.3 is 0 Å². The van der Waals surface area contributed by atoms with Crippen molar-refractivity contribution in [2.75, 3.05) is 12.4 Å². The summed E-state index contributed by atoms with van der Waals surface area (Å²) in [5.41, 5.74) is -0.429. The minimum Gasteiger partial charge on any atom is -0.491 e. The Balaban J connectivity index is 1.48. The van der Waals surface area contributed by atoms with Crippen LogP contribution in [0.2, 0.25) is 0 Å². The fourth-order valence-electron chi connectivity index (χ4n) is 2.77. The Morgan fingerprint density at radius 3 is 2.53 bits per heavy atom. The second-order valence-electron chi connectivity index (χ2n) is 6.33. The van der Waals surface area contributed by atoms with E-state index in [1.807, 2.05) is 0 Å². The lowest BCUT2D eigenvalue weighted by Crippen LogP contribution is -2.15. The van der Waals surface area contributed by atoms with Crippen molar-refractivity contribution in [3.8, 4) is 23.2 Å². The van der Waals surface area contributed by atoms with E-state index in [0.717, 1.165) is 7.11 Å². The Bertz CT molecular complexity index is 1260. The maximum absolute atomic E-state index is 14.3. The van der Waals surface area contributed by atoms with Gasteiger partial charge in [-0.25, -0.2) is 23.7 Å². The third kappa shape index (κ3) is 4.21. The molecule has 11 heteroatoms. The van der Waals surface area contributed by atoms with E-state index in [2.05, 4.69) is 25.0 Å². The van der Waals surface area contributed by atoms with Gasteiger partial charge in [0.15, 0.2) is 17.4 Å². The normalized spacial score (nSPS) is 10.6. The van der Waals surface area contributed by atoms with Gasteiger partial charge in [-0.3, -0.25) is 9.36 Å². The quantitative estimate of drug-likeness (QED) is 0.453. The number of halogens is 3. The van der Waals surface area contributed by atoms with Gasteiger partial charge in [-0.15, -0.1) is 0 Å². The van der Waals surface area contributed by atoms with Gasteiger partial charge in [0.05, 0.1) is 12.7 Å². The molecule has 0 bridgehead atoms. The monoisotopic (exact) mass is 441 g/mol. The first-order valence-electron chi connectivity index (χ1n) is 9.07. The average molecular weight is 441 g/mol. The molecule has 2 heterocycles. The molecule has 4 rings (SSSR count). The zero-order valence-electron chi connectivity index (χ0n) is 16.4. The number of methoxy groups -OCH3 is 1. The first kappa shape index (κ1) is 20.8. The van der Waals surface area contributed by atoms with Crippen LogP contribution in [0.4, 0.5) is 18.9 Å². The lowest BCUT2D eigenvalue weighted by atomic mass is 10.1. The Hall–Kier alpha value is -4.41. The molecule has 4 aromatic rings. The molecule has 0 radical (unpaired) electrons. The smallest absolute Gasteiger partial charge is 0.258 e. The van der Waals surface area contributed by atoms with Crippen LogP contribution < -0.4 is 14.8 Å². The molecule has 0 spiro atoms. The molecule has 1 N–H and O–H groups in total. The Morgan fingerprint density at radius 1 is 1.06 bits per heavy atom. The van der Waals surface area contributed by atoms with Crippen molar-refractivity contribution in [3.05, 3.63) is 84.5 Å². The van der Waals surface area contributed by atoms with Crippen LogP contribution in [0.5, 0.6) is 17.4 Å². The van der Waals surface area contributed by atoms with Crippen LogP contribution in [-0.4, -0.2) is 32.5 Å². The molecule has 0 aliphatic heterocycles. The summed E-state index contributed by atoms with van der Waals surface area (Å²) in [5, 5.41) is 2.40. The van der Waals surface area contributed by atoms with Crippen molar-refractivity contribution < 1.29 is 27.4 Å². The molecule has 32 heavy (non-hydrogen) atoms. The van der Waals surface area contributed by atoms with Gasteiger partial charge in [-0.2, -0.15) is 4.39 Å². The maximum atomic E-state index is 14.3. The molecule has 0 atom stereocenters. The number of rotatable bonds is 6. The summed E-state index contributed by atoms with van der Waals surface area (Å²) in [5.74, 6) is -4.94. The molecule has 0 aliphatic carbocycles. The number of benzene rings is 2. The van der Waals surface area contributed by atoms with E-state index >= 15 is 0 Å². The highest BCUT2D eigenvalue weighted by Crippen LogP contribution is 2.28. The number of anilines is 1. The van der Waals surface area contributed by atoms with Crippen molar-refractivity contribution in [2.45, 2.75) is 0 Å². The van der Waals surface area contributed by atoms with Crippen LogP contribution in [0.3, 0.4) is 0 Å². The molecule has 0 fully saturated rings. The number of carbonyl (C=O) groups is 1. The van der Waals surface area contributed by atoms with Crippen molar-refractivity contribution in [1.29, 1.82) is 0 Å². The first-order chi connectivity index (χ1) is 15.5. The van der Waals surface area contributed by atoms with E-state index in [1.165, 1.54) is 30.6 Å². The zero-order valence-corrected chi connectivity index (χ0v) is 16.4. The minimum absolute atomic E-state index is 0.271. The summed E-state index contributed by atoms with van der Waals surface area (Å²) < 4.78 is 53.3. The summed E-state index contributed by atoms with van der Waals surface area (Å²) >= 11 is 0. The number of ether oxygens (including phenoxy) is 2. The largest absolute Gasteiger partial charge is 0.491 e. The highest BCUT2D eigenvalue weighted by Gasteiger charge is 2.23. The standard InChI is InChI=1S/C21H14F3N5O3/c1-31-20-18(23)14(8-15(22)19(20)24)21(30)28-12-2-4-13(5-3-12)32-17-9-16(26-10-27-17)29-7-6-25-11-29/h2-11H,1H3,(H,28,30). The maximum Gasteiger partial charge on any atom is 0.258 e. The van der Waals surface area contributed by atoms with Crippen molar-refractivity contribution in [2.24, 2.45) is 0 Å². The lowest BCUT2D eigenvalue weighted by Gasteiger charge is -2.11. The summed E-state index contributed by atoms with van der Waals surface area (Å²) in [6.45, 7) is 0. The molecule has 2 aromatic heterocycles. The Kier molecular flexibility index (Phi) is 5.71. The van der Waals surface area contributed by atoms with Gasteiger partial charge in [-0.05, 0) is 30.3 Å². The average Bonchev–Trinajstić information content (AvgIpc) is 3.33. The fraction of sp³-hybridized carbons (Fsp3) is 0.0476. The molecule has 0 aliphatic rings. The van der Waals surface area contributed by atoms with Gasteiger partial charge in [0.2, 0.25) is 11.7 Å². The van der Waals surface area contributed by atoms with E-state index < -0.39 is 34.7 Å². The highest BCUT2D eigenvalue weighted by molar-refractivity contribution is 6.04. The van der Waals surface area contributed by atoms with E-state index in [0.29, 0.717) is 17.6 Å². The van der Waals surface area contributed by atoms with Crippen molar-refractivity contribution in [1.82, 2.24) is 19.5 Å². The molecule has 0 saturated heterocycles. The van der Waals surface area contributed by atoms with E-state index in [9.17, 15) is 18.0 Å². The second-order valence-corrected chi connectivity index (χ2v) is 6.33. The molecular weight excluding hydrogens is 427 g/mol. The predicted octanol–water partition coefficient (Wildman–Crippen LogP) is 4.13. The number of imidazole rings is 1. The number of amides is 1. The number of nitrogens with zero attached hydrogens (tertiary/aromatic N) is 4. The third-order valence-corrected chi connectivity index (χ3v) is 4.30.